The molecule has 3 nitrogen and oxygen atoms in total. The van der Waals surface area contributed by atoms with Crippen LogP contribution in [0.25, 0.3) is 0 Å². The van der Waals surface area contributed by atoms with Gasteiger partial charge in [-0.3, -0.25) is 4.79 Å². The van der Waals surface area contributed by atoms with Crippen LogP contribution in [0.3, 0.4) is 0 Å². The number of carbonyl (C=O) groups is 1. The summed E-state index contributed by atoms with van der Waals surface area (Å²) in [5, 5.41) is 0. The van der Waals surface area contributed by atoms with E-state index >= 15 is 0 Å². The molecule has 0 unspecified atom stereocenters. The molecule has 46 valence electrons. The first-order chi connectivity index (χ1) is 4.22. The van der Waals surface area contributed by atoms with E-state index in [1.165, 1.54) is 6.34 Å². The first-order valence-electron chi connectivity index (χ1n) is 2.52. The van der Waals surface area contributed by atoms with E-state index in [2.05, 4.69) is 16.6 Å². The Hall–Kier alpha value is -1.25. The molecule has 0 spiro atoms. The van der Waals surface area contributed by atoms with Crippen LogP contribution in [0.1, 0.15) is 6.92 Å². The maximum absolute atomic E-state index is 10.6. The summed E-state index contributed by atoms with van der Waals surface area (Å²) in [6.07, 6.45) is 1.24. The van der Waals surface area contributed by atoms with Gasteiger partial charge in [0.2, 0.25) is 0 Å². The van der Waals surface area contributed by atoms with Crippen LogP contribution in [0.15, 0.2) is 22.1 Å². The third-order valence-electron chi connectivity index (χ3n) is 1.12. The molecule has 1 aliphatic rings. The molecule has 1 rings (SSSR count). The predicted octanol–water partition coefficient (Wildman–Crippen LogP) is 0.572. The van der Waals surface area contributed by atoms with Gasteiger partial charge in [-0.15, -0.1) is 0 Å². The number of rotatable bonds is 0. The third-order valence-corrected chi connectivity index (χ3v) is 1.12. The first kappa shape index (κ1) is 5.88. The van der Waals surface area contributed by atoms with Crippen molar-refractivity contribution in [1.82, 2.24) is 0 Å². The Kier molecular flexibility index (Phi) is 1.26. The Morgan fingerprint density at radius 3 is 2.78 bits per heavy atom. The predicted molar refractivity (Wildman–Crippen MR) is 35.7 cm³/mol. The molecule has 1 heterocycles. The molecule has 0 N–H and O–H groups in total. The van der Waals surface area contributed by atoms with Crippen LogP contribution in [-0.4, -0.2) is 18.0 Å². The molecule has 0 radical (unpaired) electrons. The summed E-state index contributed by atoms with van der Waals surface area (Å²) in [5.74, 6) is -0.289. The molecule has 1 amide bonds. The van der Waals surface area contributed by atoms with Crippen LogP contribution < -0.4 is 0 Å². The number of carbonyl (C=O) groups excluding carboxylic acids is 1. The van der Waals surface area contributed by atoms with Crippen LogP contribution in [0.4, 0.5) is 0 Å². The lowest BCUT2D eigenvalue weighted by molar-refractivity contribution is -0.113. The Morgan fingerprint density at radius 1 is 1.67 bits per heavy atom. The lowest BCUT2D eigenvalue weighted by Crippen LogP contribution is -2.10. The monoisotopic (exact) mass is 122 g/mol. The smallest absolute Gasteiger partial charge is 0.267 e. The van der Waals surface area contributed by atoms with Crippen molar-refractivity contribution in [3.05, 3.63) is 12.2 Å². The number of amides is 1. The van der Waals surface area contributed by atoms with Gasteiger partial charge in [0.1, 0.15) is 6.34 Å². The number of aliphatic imine (C=N–C) groups is 2. The average molecular weight is 122 g/mol. The topological polar surface area (TPSA) is 41.8 Å². The molecule has 0 atom stereocenters. The largest absolute Gasteiger partial charge is 0.279 e. The van der Waals surface area contributed by atoms with Crippen molar-refractivity contribution in [2.45, 2.75) is 6.92 Å². The van der Waals surface area contributed by atoms with Crippen molar-refractivity contribution >= 4 is 18.0 Å². The van der Waals surface area contributed by atoms with E-state index in [0.717, 1.165) is 0 Å². The highest BCUT2D eigenvalue weighted by molar-refractivity contribution is 6.25. The summed E-state index contributed by atoms with van der Waals surface area (Å²) >= 11 is 0. The van der Waals surface area contributed by atoms with Crippen molar-refractivity contribution < 1.29 is 4.79 Å². The zero-order valence-electron chi connectivity index (χ0n) is 5.09. The van der Waals surface area contributed by atoms with E-state index in [4.69, 9.17) is 0 Å². The van der Waals surface area contributed by atoms with E-state index in [1.54, 1.807) is 6.92 Å². The highest BCUT2D eigenvalue weighted by Gasteiger charge is 2.09. The van der Waals surface area contributed by atoms with Gasteiger partial charge in [-0.05, 0) is 6.92 Å². The number of hydrogen-bond acceptors (Lipinski definition) is 2. The first-order valence-corrected chi connectivity index (χ1v) is 2.52. The molecule has 0 fully saturated rings. The summed E-state index contributed by atoms with van der Waals surface area (Å²) in [4.78, 5) is 17.8. The Bertz CT molecular complexity index is 225. The van der Waals surface area contributed by atoms with Gasteiger partial charge in [-0.2, -0.15) is 4.99 Å². The molecule has 0 saturated heterocycles. The van der Waals surface area contributed by atoms with Crippen molar-refractivity contribution in [2.24, 2.45) is 9.98 Å². The minimum absolute atomic E-state index is 0.289. The van der Waals surface area contributed by atoms with Crippen molar-refractivity contribution in [1.29, 1.82) is 0 Å². The molecule has 9 heavy (non-hydrogen) atoms. The summed E-state index contributed by atoms with van der Waals surface area (Å²) in [6, 6.07) is 0. The molecule has 0 aromatic heterocycles. The lowest BCUT2D eigenvalue weighted by atomic mass is 10.2. The van der Waals surface area contributed by atoms with Gasteiger partial charge in [0.25, 0.3) is 5.91 Å². The average Bonchev–Trinajstić information content (AvgIpc) is 1.83. The zero-order chi connectivity index (χ0) is 6.85. The van der Waals surface area contributed by atoms with Gasteiger partial charge in [0.05, 0.1) is 11.3 Å². The minimum atomic E-state index is -0.289. The van der Waals surface area contributed by atoms with Crippen molar-refractivity contribution in [3.63, 3.8) is 0 Å². The standard InChI is InChI=1S/C6H6N2O/c1-4-5(2)7-3-8-6(4)9/h3H,1H2,2H3. The number of hydrogen-bond donors (Lipinski definition) is 0. The highest BCUT2D eigenvalue weighted by atomic mass is 16.1. The van der Waals surface area contributed by atoms with Gasteiger partial charge in [0, 0.05) is 0 Å². The molecule has 0 aliphatic carbocycles. The van der Waals surface area contributed by atoms with Gasteiger partial charge in [-0.25, -0.2) is 4.99 Å². The molecule has 0 bridgehead atoms. The van der Waals surface area contributed by atoms with E-state index in [9.17, 15) is 4.79 Å². The maximum atomic E-state index is 10.6. The Morgan fingerprint density at radius 2 is 2.33 bits per heavy atom. The molecule has 3 heteroatoms. The second kappa shape index (κ2) is 1.93. The zero-order valence-corrected chi connectivity index (χ0v) is 5.09. The SMILES string of the molecule is C=C1C(=O)N=CN=C1C. The Labute approximate surface area is 52.8 Å². The van der Waals surface area contributed by atoms with Crippen LogP contribution in [0, 0.1) is 0 Å². The maximum Gasteiger partial charge on any atom is 0.279 e. The molecule has 1 aliphatic heterocycles. The molecule has 0 aromatic carbocycles. The molecule has 0 aromatic rings. The summed E-state index contributed by atoms with van der Waals surface area (Å²) in [7, 11) is 0. The fraction of sp³-hybridized carbons (Fsp3) is 0.167. The third kappa shape index (κ3) is 0.937. The summed E-state index contributed by atoms with van der Waals surface area (Å²) < 4.78 is 0. The van der Waals surface area contributed by atoms with E-state index in [0.29, 0.717) is 11.3 Å². The van der Waals surface area contributed by atoms with Gasteiger partial charge in [-0.1, -0.05) is 6.58 Å². The fourth-order valence-electron chi connectivity index (χ4n) is 0.478. The summed E-state index contributed by atoms with van der Waals surface area (Å²) in [5.41, 5.74) is 1.03. The molecular weight excluding hydrogens is 116 g/mol. The van der Waals surface area contributed by atoms with Crippen LogP contribution in [-0.2, 0) is 4.79 Å². The minimum Gasteiger partial charge on any atom is -0.267 e. The van der Waals surface area contributed by atoms with Crippen molar-refractivity contribution in [3.8, 4) is 0 Å². The van der Waals surface area contributed by atoms with Gasteiger partial charge >= 0.3 is 0 Å². The highest BCUT2D eigenvalue weighted by Crippen LogP contribution is 2.00. The molecule has 0 saturated carbocycles. The van der Waals surface area contributed by atoms with Crippen LogP contribution in [0.2, 0.25) is 0 Å². The second-order valence-corrected chi connectivity index (χ2v) is 1.74. The van der Waals surface area contributed by atoms with Gasteiger partial charge < -0.3 is 0 Å². The summed E-state index contributed by atoms with van der Waals surface area (Å²) in [6.45, 7) is 5.21. The van der Waals surface area contributed by atoms with E-state index in [1.807, 2.05) is 0 Å². The Balaban J connectivity index is 3.00. The van der Waals surface area contributed by atoms with Gasteiger partial charge in [0.15, 0.2) is 0 Å². The van der Waals surface area contributed by atoms with E-state index < -0.39 is 0 Å². The lowest BCUT2D eigenvalue weighted by Gasteiger charge is -2.01. The quantitative estimate of drug-likeness (QED) is 0.433. The molecular formula is C6H6N2O. The van der Waals surface area contributed by atoms with E-state index in [-0.39, 0.29) is 5.91 Å². The van der Waals surface area contributed by atoms with Crippen molar-refractivity contribution in [2.75, 3.05) is 0 Å². The normalized spacial score (nSPS) is 18.1. The number of nitrogens with zero attached hydrogens (tertiary/aromatic N) is 2. The van der Waals surface area contributed by atoms with Crippen LogP contribution in [0.5, 0.6) is 0 Å². The second-order valence-electron chi connectivity index (χ2n) is 1.74. The fourth-order valence-corrected chi connectivity index (χ4v) is 0.478. The van der Waals surface area contributed by atoms with Crippen LogP contribution >= 0.6 is 0 Å².